The predicted molar refractivity (Wildman–Crippen MR) is 52.2 cm³/mol. The van der Waals surface area contributed by atoms with Gasteiger partial charge in [0.2, 0.25) is 0 Å². The summed E-state index contributed by atoms with van der Waals surface area (Å²) in [5.74, 6) is 0.208. The van der Waals surface area contributed by atoms with E-state index in [2.05, 4.69) is 4.74 Å². The second-order valence-electron chi connectivity index (χ2n) is 3.04. The van der Waals surface area contributed by atoms with E-state index in [1.54, 1.807) is 18.2 Å². The molecule has 0 aliphatic heterocycles. The van der Waals surface area contributed by atoms with Gasteiger partial charge in [-0.25, -0.2) is 0 Å². The number of hydrogen-bond donors (Lipinski definition) is 1. The van der Waals surface area contributed by atoms with E-state index in [4.69, 9.17) is 0 Å². The van der Waals surface area contributed by atoms with Crippen molar-refractivity contribution in [1.29, 1.82) is 0 Å². The summed E-state index contributed by atoms with van der Waals surface area (Å²) in [4.78, 5) is 0. The molecular weight excluding hydrogens is 202 g/mol. The maximum Gasteiger partial charge on any atom is 0.387 e. The smallest absolute Gasteiger partial charge is 0.387 e. The SMILES string of the molecule is Oc1cccc2cc(OC(F)F)ccc12. The Morgan fingerprint density at radius 1 is 1.13 bits per heavy atom. The van der Waals surface area contributed by atoms with Crippen molar-refractivity contribution < 1.29 is 18.6 Å². The molecule has 0 aromatic heterocycles. The van der Waals surface area contributed by atoms with Gasteiger partial charge < -0.3 is 9.84 Å². The summed E-state index contributed by atoms with van der Waals surface area (Å²) in [7, 11) is 0. The average molecular weight is 210 g/mol. The molecule has 0 fully saturated rings. The van der Waals surface area contributed by atoms with Gasteiger partial charge in [-0.1, -0.05) is 12.1 Å². The first kappa shape index (κ1) is 9.71. The van der Waals surface area contributed by atoms with Crippen LogP contribution in [-0.2, 0) is 0 Å². The molecule has 4 heteroatoms. The minimum atomic E-state index is -2.83. The first-order valence-electron chi connectivity index (χ1n) is 4.33. The van der Waals surface area contributed by atoms with E-state index >= 15 is 0 Å². The molecule has 2 rings (SSSR count). The van der Waals surface area contributed by atoms with Gasteiger partial charge in [0.15, 0.2) is 0 Å². The van der Waals surface area contributed by atoms with Crippen LogP contribution < -0.4 is 4.74 Å². The fraction of sp³-hybridized carbons (Fsp3) is 0.0909. The second-order valence-corrected chi connectivity index (χ2v) is 3.04. The maximum atomic E-state index is 11.9. The molecule has 0 radical (unpaired) electrons. The first-order chi connectivity index (χ1) is 7.16. The van der Waals surface area contributed by atoms with Gasteiger partial charge in [0.1, 0.15) is 11.5 Å². The van der Waals surface area contributed by atoms with Crippen molar-refractivity contribution in [3.05, 3.63) is 36.4 Å². The highest BCUT2D eigenvalue weighted by Gasteiger charge is 2.05. The molecule has 0 atom stereocenters. The lowest BCUT2D eigenvalue weighted by Crippen LogP contribution is -2.01. The monoisotopic (exact) mass is 210 g/mol. The Balaban J connectivity index is 2.48. The molecule has 0 saturated heterocycles. The Bertz CT molecular complexity index is 483. The molecule has 2 aromatic carbocycles. The van der Waals surface area contributed by atoms with Crippen LogP contribution in [0.25, 0.3) is 10.8 Å². The summed E-state index contributed by atoms with van der Waals surface area (Å²) in [6, 6.07) is 9.30. The molecule has 0 aliphatic carbocycles. The van der Waals surface area contributed by atoms with Gasteiger partial charge in [-0.2, -0.15) is 8.78 Å². The number of hydrogen-bond acceptors (Lipinski definition) is 2. The van der Waals surface area contributed by atoms with Crippen LogP contribution in [0, 0.1) is 0 Å². The standard InChI is InChI=1S/C11H8F2O2/c12-11(13)15-8-4-5-9-7(6-8)2-1-3-10(9)14/h1-6,11,14H. The first-order valence-corrected chi connectivity index (χ1v) is 4.33. The topological polar surface area (TPSA) is 29.5 Å². The summed E-state index contributed by atoms with van der Waals surface area (Å²) in [6.45, 7) is -2.83. The zero-order valence-electron chi connectivity index (χ0n) is 7.65. The van der Waals surface area contributed by atoms with E-state index in [9.17, 15) is 13.9 Å². The number of phenols is 1. The Hall–Kier alpha value is -1.84. The Kier molecular flexibility index (Phi) is 2.41. The number of fused-ring (bicyclic) bond motifs is 1. The van der Waals surface area contributed by atoms with E-state index in [1.165, 1.54) is 18.2 Å². The van der Waals surface area contributed by atoms with Crippen molar-refractivity contribution in [3.8, 4) is 11.5 Å². The van der Waals surface area contributed by atoms with E-state index < -0.39 is 6.61 Å². The van der Waals surface area contributed by atoms with Gasteiger partial charge >= 0.3 is 6.61 Å². The molecule has 0 aliphatic rings. The third-order valence-corrected chi connectivity index (χ3v) is 2.05. The van der Waals surface area contributed by atoms with E-state index in [1.807, 2.05) is 0 Å². The molecule has 1 N–H and O–H groups in total. The van der Waals surface area contributed by atoms with Crippen LogP contribution in [0.4, 0.5) is 8.78 Å². The third kappa shape index (κ3) is 1.98. The molecule has 2 nitrogen and oxygen atoms in total. The van der Waals surface area contributed by atoms with E-state index in [0.29, 0.717) is 10.8 Å². The van der Waals surface area contributed by atoms with Crippen molar-refractivity contribution in [3.63, 3.8) is 0 Å². The lowest BCUT2D eigenvalue weighted by Gasteiger charge is -2.06. The second kappa shape index (κ2) is 3.73. The fourth-order valence-corrected chi connectivity index (χ4v) is 1.42. The number of rotatable bonds is 2. The van der Waals surface area contributed by atoms with E-state index in [0.717, 1.165) is 0 Å². The number of alkyl halides is 2. The molecule has 0 bridgehead atoms. The molecule has 0 heterocycles. The molecule has 0 unspecified atom stereocenters. The lowest BCUT2D eigenvalue weighted by atomic mass is 10.1. The molecular formula is C11H8F2O2. The molecule has 15 heavy (non-hydrogen) atoms. The van der Waals surface area contributed by atoms with Gasteiger partial charge in [0.25, 0.3) is 0 Å². The summed E-state index contributed by atoms with van der Waals surface area (Å²) in [5, 5.41) is 10.7. The van der Waals surface area contributed by atoms with Crippen molar-refractivity contribution in [2.45, 2.75) is 6.61 Å². The number of phenolic OH excluding ortho intramolecular Hbond substituents is 1. The highest BCUT2D eigenvalue weighted by atomic mass is 19.3. The average Bonchev–Trinajstić information content (AvgIpc) is 2.17. The summed E-state index contributed by atoms with van der Waals surface area (Å²) < 4.78 is 28.1. The van der Waals surface area contributed by atoms with Crippen LogP contribution in [-0.4, -0.2) is 11.7 Å². The minimum absolute atomic E-state index is 0.0862. The molecule has 0 spiro atoms. The van der Waals surface area contributed by atoms with Crippen LogP contribution in [0.3, 0.4) is 0 Å². The van der Waals surface area contributed by atoms with Crippen LogP contribution in [0.2, 0.25) is 0 Å². The summed E-state index contributed by atoms with van der Waals surface area (Å²) in [6.07, 6.45) is 0. The van der Waals surface area contributed by atoms with Gasteiger partial charge in [-0.3, -0.25) is 0 Å². The summed E-state index contributed by atoms with van der Waals surface area (Å²) in [5.41, 5.74) is 0. The highest BCUT2D eigenvalue weighted by molar-refractivity contribution is 5.89. The van der Waals surface area contributed by atoms with Crippen LogP contribution in [0.1, 0.15) is 0 Å². The quantitative estimate of drug-likeness (QED) is 0.825. The maximum absolute atomic E-state index is 11.9. The lowest BCUT2D eigenvalue weighted by molar-refractivity contribution is -0.0497. The largest absolute Gasteiger partial charge is 0.507 e. The van der Waals surface area contributed by atoms with Gasteiger partial charge in [0.05, 0.1) is 0 Å². The third-order valence-electron chi connectivity index (χ3n) is 2.05. The van der Waals surface area contributed by atoms with Crippen LogP contribution in [0.5, 0.6) is 11.5 Å². The molecule has 0 saturated carbocycles. The van der Waals surface area contributed by atoms with Gasteiger partial charge in [0, 0.05) is 5.39 Å². The Morgan fingerprint density at radius 3 is 2.67 bits per heavy atom. The summed E-state index contributed by atoms with van der Waals surface area (Å²) >= 11 is 0. The van der Waals surface area contributed by atoms with Crippen LogP contribution >= 0.6 is 0 Å². The van der Waals surface area contributed by atoms with Gasteiger partial charge in [-0.15, -0.1) is 0 Å². The van der Waals surface area contributed by atoms with E-state index in [-0.39, 0.29) is 11.5 Å². The predicted octanol–water partition coefficient (Wildman–Crippen LogP) is 3.15. The van der Waals surface area contributed by atoms with Crippen molar-refractivity contribution in [1.82, 2.24) is 0 Å². The van der Waals surface area contributed by atoms with Crippen molar-refractivity contribution >= 4 is 10.8 Å². The zero-order valence-corrected chi connectivity index (χ0v) is 7.65. The normalized spacial score (nSPS) is 10.9. The van der Waals surface area contributed by atoms with Crippen molar-refractivity contribution in [2.75, 3.05) is 0 Å². The minimum Gasteiger partial charge on any atom is -0.507 e. The highest BCUT2D eigenvalue weighted by Crippen LogP contribution is 2.28. The van der Waals surface area contributed by atoms with Crippen molar-refractivity contribution in [2.24, 2.45) is 0 Å². The Labute approximate surface area is 84.7 Å². The zero-order chi connectivity index (χ0) is 10.8. The molecule has 2 aromatic rings. The molecule has 78 valence electrons. The van der Waals surface area contributed by atoms with Gasteiger partial charge in [-0.05, 0) is 29.7 Å². The number of benzene rings is 2. The number of halogens is 2. The number of aromatic hydroxyl groups is 1. The molecule has 0 amide bonds. The number of ether oxygens (including phenoxy) is 1. The van der Waals surface area contributed by atoms with Crippen LogP contribution in [0.15, 0.2) is 36.4 Å². The fourth-order valence-electron chi connectivity index (χ4n) is 1.42. The Morgan fingerprint density at radius 2 is 1.93 bits per heavy atom.